The zero-order valence-electron chi connectivity index (χ0n) is 18.6. The predicted molar refractivity (Wildman–Crippen MR) is 120 cm³/mol. The van der Waals surface area contributed by atoms with Crippen LogP contribution in [0.25, 0.3) is 0 Å². The number of carbonyl (C=O) groups excluding carboxylic acids is 4. The molecule has 170 valence electrons. The maximum atomic E-state index is 12.8. The third-order valence-corrected chi connectivity index (χ3v) is 5.33. The van der Waals surface area contributed by atoms with Crippen molar-refractivity contribution in [3.8, 4) is 6.07 Å². The molecule has 1 aliphatic rings. The monoisotopic (exact) mass is 447 g/mol. The lowest BCUT2D eigenvalue weighted by atomic mass is 10.1. The Hall–Kier alpha value is -3.99. The fourth-order valence-corrected chi connectivity index (χ4v) is 3.65. The highest BCUT2D eigenvalue weighted by Gasteiger charge is 2.35. The topological polar surface area (TPSA) is 108 Å². The van der Waals surface area contributed by atoms with Crippen LogP contribution in [0.1, 0.15) is 52.5 Å². The third kappa shape index (κ3) is 5.44. The van der Waals surface area contributed by atoms with E-state index in [0.29, 0.717) is 16.8 Å². The number of fused-ring (bicyclic) bond motifs is 1. The molecule has 2 aromatic rings. The molecule has 0 spiro atoms. The maximum Gasteiger partial charge on any atom is 0.306 e. The van der Waals surface area contributed by atoms with Gasteiger partial charge in [-0.2, -0.15) is 5.26 Å². The molecule has 2 aromatic carbocycles. The molecule has 3 rings (SSSR count). The van der Waals surface area contributed by atoms with Crippen LogP contribution < -0.4 is 4.90 Å². The fraction of sp³-hybridized carbons (Fsp3) is 0.320. The number of nitriles is 1. The van der Waals surface area contributed by atoms with E-state index in [9.17, 15) is 19.2 Å². The minimum atomic E-state index is -1.04. The summed E-state index contributed by atoms with van der Waals surface area (Å²) in [6.07, 6.45) is -0.728. The highest BCUT2D eigenvalue weighted by atomic mass is 16.5. The summed E-state index contributed by atoms with van der Waals surface area (Å²) in [7, 11) is 0. The molecule has 1 unspecified atom stereocenters. The van der Waals surface area contributed by atoms with Gasteiger partial charge >= 0.3 is 5.97 Å². The molecule has 1 atom stereocenters. The first-order chi connectivity index (χ1) is 15.8. The van der Waals surface area contributed by atoms with Gasteiger partial charge in [0.15, 0.2) is 6.10 Å². The first-order valence-electron chi connectivity index (χ1n) is 10.7. The number of para-hydroxylation sites is 1. The summed E-state index contributed by atoms with van der Waals surface area (Å²) < 4.78 is 5.29. The maximum absolute atomic E-state index is 12.8. The number of hydrogen-bond donors (Lipinski definition) is 0. The number of rotatable bonds is 9. The quantitative estimate of drug-likeness (QED) is 0.431. The Morgan fingerprint density at radius 3 is 2.48 bits per heavy atom. The molecule has 8 nitrogen and oxygen atoms in total. The lowest BCUT2D eigenvalue weighted by Gasteiger charge is -2.25. The number of esters is 1. The van der Waals surface area contributed by atoms with Crippen LogP contribution in [-0.2, 0) is 14.3 Å². The highest BCUT2D eigenvalue weighted by molar-refractivity contribution is 6.21. The Morgan fingerprint density at radius 1 is 1.09 bits per heavy atom. The largest absolute Gasteiger partial charge is 0.453 e. The zero-order valence-corrected chi connectivity index (χ0v) is 18.6. The van der Waals surface area contributed by atoms with Crippen molar-refractivity contribution in [3.63, 3.8) is 0 Å². The molecular weight excluding hydrogens is 422 g/mol. The summed E-state index contributed by atoms with van der Waals surface area (Å²) in [6.45, 7) is 3.59. The van der Waals surface area contributed by atoms with Gasteiger partial charge in [0.05, 0.1) is 23.6 Å². The average molecular weight is 447 g/mol. The standard InChI is InChI=1S/C25H25N3O5/c1-17-11-12-20-21(16-17)25(32)28(24(20)31)14-6-10-22(29)33-18(2)23(30)27(15-7-13-26)19-8-4-3-5-9-19/h3-5,8-9,11-12,16,18H,6-7,10,14-15H2,1-2H3. The normalized spacial score (nSPS) is 13.3. The summed E-state index contributed by atoms with van der Waals surface area (Å²) in [5.74, 6) is -1.77. The molecule has 0 saturated heterocycles. The number of anilines is 1. The van der Waals surface area contributed by atoms with Gasteiger partial charge < -0.3 is 9.64 Å². The van der Waals surface area contributed by atoms with Crippen LogP contribution in [0.4, 0.5) is 5.69 Å². The van der Waals surface area contributed by atoms with Crippen LogP contribution in [0, 0.1) is 18.3 Å². The second-order valence-corrected chi connectivity index (χ2v) is 7.78. The summed E-state index contributed by atoms with van der Waals surface area (Å²) in [6, 6.07) is 16.0. The highest BCUT2D eigenvalue weighted by Crippen LogP contribution is 2.24. The summed E-state index contributed by atoms with van der Waals surface area (Å²) >= 11 is 0. The third-order valence-electron chi connectivity index (χ3n) is 5.33. The van der Waals surface area contributed by atoms with Gasteiger partial charge in [-0.15, -0.1) is 0 Å². The van der Waals surface area contributed by atoms with E-state index in [2.05, 4.69) is 0 Å². The van der Waals surface area contributed by atoms with Gasteiger partial charge in [-0.25, -0.2) is 0 Å². The van der Waals surface area contributed by atoms with E-state index in [4.69, 9.17) is 10.00 Å². The van der Waals surface area contributed by atoms with Crippen molar-refractivity contribution in [1.82, 2.24) is 4.90 Å². The molecule has 0 fully saturated rings. The van der Waals surface area contributed by atoms with Gasteiger partial charge in [-0.05, 0) is 44.5 Å². The summed E-state index contributed by atoms with van der Waals surface area (Å²) in [4.78, 5) is 52.7. The smallest absolute Gasteiger partial charge is 0.306 e. The molecule has 0 saturated carbocycles. The van der Waals surface area contributed by atoms with Gasteiger partial charge in [0.2, 0.25) is 0 Å². The molecule has 0 radical (unpaired) electrons. The van der Waals surface area contributed by atoms with Crippen molar-refractivity contribution in [1.29, 1.82) is 5.26 Å². The minimum Gasteiger partial charge on any atom is -0.453 e. The number of hydrogen-bond acceptors (Lipinski definition) is 6. The molecule has 0 N–H and O–H groups in total. The average Bonchev–Trinajstić information content (AvgIpc) is 3.04. The van der Waals surface area contributed by atoms with E-state index in [0.717, 1.165) is 10.5 Å². The van der Waals surface area contributed by atoms with Gasteiger partial charge in [0.1, 0.15) is 0 Å². The van der Waals surface area contributed by atoms with Crippen molar-refractivity contribution in [3.05, 3.63) is 65.2 Å². The summed E-state index contributed by atoms with van der Waals surface area (Å²) in [5.41, 5.74) is 2.24. The van der Waals surface area contributed by atoms with Gasteiger partial charge in [0.25, 0.3) is 17.7 Å². The number of aryl methyl sites for hydroxylation is 1. The van der Waals surface area contributed by atoms with Crippen molar-refractivity contribution >= 4 is 29.4 Å². The molecule has 3 amide bonds. The summed E-state index contributed by atoms with van der Waals surface area (Å²) in [5, 5.41) is 8.90. The van der Waals surface area contributed by atoms with Gasteiger partial charge in [-0.3, -0.25) is 24.1 Å². The second kappa shape index (κ2) is 10.6. The minimum absolute atomic E-state index is 0.0480. The second-order valence-electron chi connectivity index (χ2n) is 7.78. The number of imide groups is 1. The number of carbonyl (C=O) groups is 4. The number of ether oxygens (including phenoxy) is 1. The number of amides is 3. The molecule has 8 heteroatoms. The Bertz CT molecular complexity index is 1110. The van der Waals surface area contributed by atoms with Gasteiger partial charge in [-0.1, -0.05) is 29.8 Å². The van der Waals surface area contributed by atoms with Crippen LogP contribution >= 0.6 is 0 Å². The Balaban J connectivity index is 1.53. The zero-order chi connectivity index (χ0) is 24.0. The Kier molecular flexibility index (Phi) is 7.57. The van der Waals surface area contributed by atoms with Crippen LogP contribution in [0.3, 0.4) is 0 Å². The van der Waals surface area contributed by atoms with E-state index in [-0.39, 0.29) is 44.2 Å². The molecule has 33 heavy (non-hydrogen) atoms. The Labute approximate surface area is 192 Å². The van der Waals surface area contributed by atoms with Crippen LogP contribution in [0.15, 0.2) is 48.5 Å². The molecule has 0 aromatic heterocycles. The van der Waals surface area contributed by atoms with E-state index in [1.165, 1.54) is 11.8 Å². The predicted octanol–water partition coefficient (Wildman–Crippen LogP) is 3.25. The van der Waals surface area contributed by atoms with Crippen molar-refractivity contribution in [2.75, 3.05) is 18.0 Å². The molecule has 0 aliphatic carbocycles. The van der Waals surface area contributed by atoms with Crippen LogP contribution in [-0.4, -0.2) is 47.8 Å². The lowest BCUT2D eigenvalue weighted by Crippen LogP contribution is -2.40. The van der Waals surface area contributed by atoms with Crippen LogP contribution in [0.5, 0.6) is 0 Å². The van der Waals surface area contributed by atoms with Crippen molar-refractivity contribution in [2.24, 2.45) is 0 Å². The lowest BCUT2D eigenvalue weighted by molar-refractivity contribution is -0.154. The van der Waals surface area contributed by atoms with E-state index in [1.807, 2.05) is 19.1 Å². The first kappa shape index (κ1) is 23.7. The van der Waals surface area contributed by atoms with Crippen LogP contribution in [0.2, 0.25) is 0 Å². The molecular formula is C25H25N3O5. The number of nitrogens with zero attached hydrogens (tertiary/aromatic N) is 3. The van der Waals surface area contributed by atoms with Crippen molar-refractivity contribution < 1.29 is 23.9 Å². The first-order valence-corrected chi connectivity index (χ1v) is 10.7. The van der Waals surface area contributed by atoms with Crippen molar-refractivity contribution in [2.45, 2.75) is 39.2 Å². The number of benzene rings is 2. The van der Waals surface area contributed by atoms with E-state index < -0.39 is 18.0 Å². The Morgan fingerprint density at radius 2 is 1.79 bits per heavy atom. The molecule has 0 bridgehead atoms. The molecule has 1 heterocycles. The van der Waals surface area contributed by atoms with E-state index >= 15 is 0 Å². The SMILES string of the molecule is Cc1ccc2c(c1)C(=O)N(CCCC(=O)OC(C)C(=O)N(CCC#N)c1ccccc1)C2=O. The van der Waals surface area contributed by atoms with Gasteiger partial charge in [0, 0.05) is 25.2 Å². The fourth-order valence-electron chi connectivity index (χ4n) is 3.65. The molecule has 1 aliphatic heterocycles. The van der Waals surface area contributed by atoms with E-state index in [1.54, 1.807) is 42.5 Å².